The van der Waals surface area contributed by atoms with E-state index < -0.39 is 15.7 Å². The van der Waals surface area contributed by atoms with Gasteiger partial charge in [-0.2, -0.15) is 5.26 Å². The van der Waals surface area contributed by atoms with Crippen LogP contribution >= 0.6 is 0 Å². The van der Waals surface area contributed by atoms with Crippen LogP contribution in [0.5, 0.6) is 0 Å². The summed E-state index contributed by atoms with van der Waals surface area (Å²) in [5, 5.41) is 11.7. The lowest BCUT2D eigenvalue weighted by molar-refractivity contribution is -0.117. The molecule has 1 N–H and O–H groups in total. The Kier molecular flexibility index (Phi) is 4.88. The zero-order chi connectivity index (χ0) is 16.2. The van der Waals surface area contributed by atoms with Crippen molar-refractivity contribution in [3.05, 3.63) is 35.9 Å². The molecule has 0 aliphatic carbocycles. The molecule has 7 nitrogen and oxygen atoms in total. The molecular formula is C14H17N3O4S. The first kappa shape index (κ1) is 16.1. The van der Waals surface area contributed by atoms with E-state index in [2.05, 4.69) is 5.32 Å². The molecule has 0 bridgehead atoms. The monoisotopic (exact) mass is 323 g/mol. The van der Waals surface area contributed by atoms with E-state index in [1.54, 1.807) is 24.1 Å². The van der Waals surface area contributed by atoms with Crippen molar-refractivity contribution in [2.24, 2.45) is 0 Å². The fourth-order valence-corrected chi connectivity index (χ4v) is 4.01. The fraction of sp³-hybridized carbons (Fsp3) is 0.429. The lowest BCUT2D eigenvalue weighted by Gasteiger charge is -2.21. The predicted octanol–water partition coefficient (Wildman–Crippen LogP) is 0.422. The van der Waals surface area contributed by atoms with Crippen LogP contribution in [0.2, 0.25) is 0 Å². The number of sulfone groups is 1. The van der Waals surface area contributed by atoms with Gasteiger partial charge < -0.3 is 14.6 Å². The summed E-state index contributed by atoms with van der Waals surface area (Å²) in [7, 11) is -1.34. The molecule has 1 aliphatic heterocycles. The zero-order valence-electron chi connectivity index (χ0n) is 12.2. The zero-order valence-corrected chi connectivity index (χ0v) is 13.0. The lowest BCUT2D eigenvalue weighted by Crippen LogP contribution is -2.30. The highest BCUT2D eigenvalue weighted by molar-refractivity contribution is 7.91. The highest BCUT2D eigenvalue weighted by atomic mass is 32.2. The molecule has 2 heterocycles. The first-order chi connectivity index (χ1) is 10.4. The van der Waals surface area contributed by atoms with Gasteiger partial charge in [0.2, 0.25) is 0 Å². The highest BCUT2D eigenvalue weighted by Crippen LogP contribution is 2.17. The number of carbonyl (C=O) groups is 1. The highest BCUT2D eigenvalue weighted by Gasteiger charge is 2.30. The third kappa shape index (κ3) is 4.11. The van der Waals surface area contributed by atoms with E-state index in [1.165, 1.54) is 12.5 Å². The molecule has 0 saturated carbocycles. The van der Waals surface area contributed by atoms with Crippen molar-refractivity contribution < 1.29 is 17.6 Å². The summed E-state index contributed by atoms with van der Waals surface area (Å²) in [6.07, 6.45) is 3.39. The molecule has 1 atom stereocenters. The molecular weight excluding hydrogens is 306 g/mol. The van der Waals surface area contributed by atoms with E-state index in [0.29, 0.717) is 12.2 Å². The van der Waals surface area contributed by atoms with Gasteiger partial charge in [0.05, 0.1) is 24.3 Å². The Morgan fingerprint density at radius 3 is 2.95 bits per heavy atom. The molecule has 22 heavy (non-hydrogen) atoms. The number of nitrogens with zero attached hydrogens (tertiary/aromatic N) is 2. The van der Waals surface area contributed by atoms with E-state index in [0.717, 1.165) is 0 Å². The average molecular weight is 323 g/mol. The van der Waals surface area contributed by atoms with Gasteiger partial charge in [0.15, 0.2) is 9.84 Å². The van der Waals surface area contributed by atoms with Crippen molar-refractivity contribution in [3.8, 4) is 6.07 Å². The third-order valence-electron chi connectivity index (χ3n) is 3.49. The summed E-state index contributed by atoms with van der Waals surface area (Å²) >= 11 is 0. The van der Waals surface area contributed by atoms with Crippen molar-refractivity contribution in [3.63, 3.8) is 0 Å². The molecule has 0 spiro atoms. The summed E-state index contributed by atoms with van der Waals surface area (Å²) in [5.41, 5.74) is -0.0710. The van der Waals surface area contributed by atoms with E-state index >= 15 is 0 Å². The number of hydrogen-bond acceptors (Lipinski definition) is 6. The number of furan rings is 1. The predicted molar refractivity (Wildman–Crippen MR) is 79.1 cm³/mol. The molecule has 1 aliphatic rings. The molecule has 1 amide bonds. The van der Waals surface area contributed by atoms with E-state index in [9.17, 15) is 13.2 Å². The van der Waals surface area contributed by atoms with Crippen molar-refractivity contribution in [1.29, 1.82) is 5.26 Å². The van der Waals surface area contributed by atoms with Crippen molar-refractivity contribution >= 4 is 15.7 Å². The Labute approximate surface area is 129 Å². The SMILES string of the molecule is CN(/C=C(/C#N)C(=O)NCc1ccco1)C1CCS(=O)(=O)C1. The van der Waals surface area contributed by atoms with Crippen LogP contribution < -0.4 is 5.32 Å². The molecule has 0 radical (unpaired) electrons. The van der Waals surface area contributed by atoms with Crippen LogP contribution in [-0.4, -0.2) is 43.8 Å². The maximum absolute atomic E-state index is 12.0. The summed E-state index contributed by atoms with van der Waals surface area (Å²) in [5.74, 6) is 0.252. The molecule has 1 unspecified atom stereocenters. The number of carbonyl (C=O) groups excluding carboxylic acids is 1. The Hall–Kier alpha value is -2.27. The summed E-state index contributed by atoms with van der Waals surface area (Å²) in [6, 6.07) is 5.05. The van der Waals surface area contributed by atoms with Crippen LogP contribution in [0.1, 0.15) is 12.2 Å². The average Bonchev–Trinajstić information content (AvgIpc) is 3.11. The van der Waals surface area contributed by atoms with Crippen molar-refractivity contribution in [2.45, 2.75) is 19.0 Å². The number of rotatable bonds is 5. The van der Waals surface area contributed by atoms with Gasteiger partial charge >= 0.3 is 0 Å². The van der Waals surface area contributed by atoms with E-state index in [4.69, 9.17) is 9.68 Å². The second-order valence-electron chi connectivity index (χ2n) is 5.14. The van der Waals surface area contributed by atoms with Gasteiger partial charge in [0.25, 0.3) is 5.91 Å². The quantitative estimate of drug-likeness (QED) is 0.622. The Bertz CT molecular complexity index is 701. The van der Waals surface area contributed by atoms with Gasteiger partial charge in [0, 0.05) is 19.3 Å². The third-order valence-corrected chi connectivity index (χ3v) is 5.24. The minimum absolute atomic E-state index is 0.0483. The van der Waals surface area contributed by atoms with Crippen molar-refractivity contribution in [1.82, 2.24) is 10.2 Å². The van der Waals surface area contributed by atoms with E-state index in [-0.39, 0.29) is 29.7 Å². The maximum Gasteiger partial charge on any atom is 0.263 e. The number of nitrogens with one attached hydrogen (secondary N) is 1. The molecule has 2 rings (SSSR count). The standard InChI is InChI=1S/C14H17N3O4S/c1-17(12-4-6-22(19,20)10-12)9-11(7-15)14(18)16-8-13-3-2-5-21-13/h2-3,5,9,12H,4,6,8,10H2,1H3,(H,16,18)/b11-9-. The second-order valence-corrected chi connectivity index (χ2v) is 7.37. The largest absolute Gasteiger partial charge is 0.467 e. The molecule has 1 aromatic heterocycles. The van der Waals surface area contributed by atoms with Gasteiger partial charge in [-0.05, 0) is 18.6 Å². The summed E-state index contributed by atoms with van der Waals surface area (Å²) in [6.45, 7) is 0.187. The smallest absolute Gasteiger partial charge is 0.263 e. The Balaban J connectivity index is 1.97. The first-order valence-electron chi connectivity index (χ1n) is 6.76. The topological polar surface area (TPSA) is 103 Å². The van der Waals surface area contributed by atoms with Crippen LogP contribution in [-0.2, 0) is 21.2 Å². The van der Waals surface area contributed by atoms with Gasteiger partial charge in [-0.3, -0.25) is 4.79 Å². The van der Waals surface area contributed by atoms with Crippen LogP contribution in [0.15, 0.2) is 34.6 Å². The Morgan fingerprint density at radius 1 is 1.64 bits per heavy atom. The van der Waals surface area contributed by atoms with Gasteiger partial charge in [-0.25, -0.2) is 8.42 Å². The molecule has 1 saturated heterocycles. The minimum Gasteiger partial charge on any atom is -0.467 e. The molecule has 1 aromatic rings. The van der Waals surface area contributed by atoms with Crippen LogP contribution in [0.3, 0.4) is 0 Å². The fourth-order valence-electron chi connectivity index (χ4n) is 2.22. The van der Waals surface area contributed by atoms with Crippen LogP contribution in [0, 0.1) is 11.3 Å². The molecule has 118 valence electrons. The molecule has 8 heteroatoms. The maximum atomic E-state index is 12.0. The lowest BCUT2D eigenvalue weighted by atomic mass is 10.2. The van der Waals surface area contributed by atoms with E-state index in [1.807, 2.05) is 6.07 Å². The summed E-state index contributed by atoms with van der Waals surface area (Å²) in [4.78, 5) is 13.6. The normalized spacial score (nSPS) is 20.4. The van der Waals surface area contributed by atoms with Crippen molar-refractivity contribution in [2.75, 3.05) is 18.6 Å². The number of hydrogen-bond donors (Lipinski definition) is 1. The van der Waals surface area contributed by atoms with Gasteiger partial charge in [0.1, 0.15) is 17.4 Å². The second kappa shape index (κ2) is 6.66. The number of amides is 1. The van der Waals surface area contributed by atoms with Crippen LogP contribution in [0.4, 0.5) is 0 Å². The first-order valence-corrected chi connectivity index (χ1v) is 8.58. The van der Waals surface area contributed by atoms with Gasteiger partial charge in [-0.15, -0.1) is 0 Å². The van der Waals surface area contributed by atoms with Crippen LogP contribution in [0.25, 0.3) is 0 Å². The molecule has 0 aromatic carbocycles. The van der Waals surface area contributed by atoms with Gasteiger partial charge in [-0.1, -0.05) is 0 Å². The number of nitriles is 1. The summed E-state index contributed by atoms with van der Waals surface area (Å²) < 4.78 is 28.0. The molecule has 1 fully saturated rings. The minimum atomic E-state index is -3.01. The Morgan fingerprint density at radius 2 is 2.41 bits per heavy atom.